The molecule has 0 saturated carbocycles. The quantitative estimate of drug-likeness (QED) is 0.832. The molecule has 2 rings (SSSR count). The summed E-state index contributed by atoms with van der Waals surface area (Å²) in [5, 5.41) is 6.55. The van der Waals surface area contributed by atoms with Gasteiger partial charge in [0.05, 0.1) is 5.02 Å². The third-order valence-corrected chi connectivity index (χ3v) is 2.98. The number of carbonyl (C=O) groups is 1. The lowest BCUT2D eigenvalue weighted by molar-refractivity contribution is 0.0955. The van der Waals surface area contributed by atoms with Crippen LogP contribution >= 0.6 is 11.6 Å². The van der Waals surface area contributed by atoms with Crippen LogP contribution in [0.25, 0.3) is 0 Å². The number of nitrogens with zero attached hydrogens (tertiary/aromatic N) is 1. The largest absolute Gasteiger partial charge is 0.368 e. The van der Waals surface area contributed by atoms with Gasteiger partial charge in [-0.1, -0.05) is 29.3 Å². The predicted molar refractivity (Wildman–Crippen MR) is 81.2 cm³/mol. The summed E-state index contributed by atoms with van der Waals surface area (Å²) in [7, 11) is 0. The van der Waals surface area contributed by atoms with Crippen molar-refractivity contribution in [3.05, 3.63) is 58.7 Å². The molecule has 4 nitrogen and oxygen atoms in total. The minimum Gasteiger partial charge on any atom is -0.368 e. The Morgan fingerprint density at radius 3 is 2.55 bits per heavy atom. The number of rotatable bonds is 5. The second kappa shape index (κ2) is 6.91. The molecule has 2 aromatic rings. The van der Waals surface area contributed by atoms with Crippen LogP contribution in [-0.2, 0) is 0 Å². The zero-order valence-electron chi connectivity index (χ0n) is 11.2. The van der Waals surface area contributed by atoms with Crippen LogP contribution in [0.15, 0.2) is 42.6 Å². The summed E-state index contributed by atoms with van der Waals surface area (Å²) in [6.07, 6.45) is 1.58. The first-order valence-electron chi connectivity index (χ1n) is 6.35. The molecule has 1 amide bonds. The molecule has 5 heteroatoms. The standard InChI is InChI=1S/C15H16ClN3O/c1-11-2-4-12(5-3-11)15(20)18-9-8-17-14-7-6-13(16)10-19-14/h2-7,10H,8-9H2,1H3,(H,17,19)(H,18,20). The number of halogens is 1. The SMILES string of the molecule is Cc1ccc(C(=O)NCCNc2ccc(Cl)cn2)cc1. The zero-order valence-corrected chi connectivity index (χ0v) is 11.9. The molecule has 0 aliphatic heterocycles. The number of hydrogen-bond donors (Lipinski definition) is 2. The van der Waals surface area contributed by atoms with Crippen LogP contribution in [0, 0.1) is 6.92 Å². The Bertz CT molecular complexity index is 567. The maximum Gasteiger partial charge on any atom is 0.251 e. The number of amides is 1. The van der Waals surface area contributed by atoms with Gasteiger partial charge in [-0.05, 0) is 31.2 Å². The number of nitrogens with one attached hydrogen (secondary N) is 2. The molecule has 20 heavy (non-hydrogen) atoms. The second-order valence-corrected chi connectivity index (χ2v) is 4.85. The van der Waals surface area contributed by atoms with Crippen molar-refractivity contribution >= 4 is 23.3 Å². The Morgan fingerprint density at radius 2 is 1.90 bits per heavy atom. The highest BCUT2D eigenvalue weighted by Crippen LogP contribution is 2.08. The topological polar surface area (TPSA) is 54.0 Å². The number of hydrogen-bond acceptors (Lipinski definition) is 3. The van der Waals surface area contributed by atoms with Gasteiger partial charge in [0.15, 0.2) is 0 Å². The number of aryl methyl sites for hydroxylation is 1. The molecule has 0 fully saturated rings. The summed E-state index contributed by atoms with van der Waals surface area (Å²) >= 11 is 5.75. The van der Waals surface area contributed by atoms with E-state index in [0.29, 0.717) is 23.7 Å². The molecule has 0 aliphatic carbocycles. The number of carbonyl (C=O) groups excluding carboxylic acids is 1. The average molecular weight is 290 g/mol. The monoisotopic (exact) mass is 289 g/mol. The van der Waals surface area contributed by atoms with E-state index >= 15 is 0 Å². The third kappa shape index (κ3) is 4.24. The summed E-state index contributed by atoms with van der Waals surface area (Å²) in [6.45, 7) is 3.12. The molecule has 1 heterocycles. The number of anilines is 1. The van der Waals surface area contributed by atoms with Gasteiger partial charge in [0.2, 0.25) is 0 Å². The lowest BCUT2D eigenvalue weighted by Crippen LogP contribution is -2.28. The van der Waals surface area contributed by atoms with E-state index in [1.807, 2.05) is 31.2 Å². The lowest BCUT2D eigenvalue weighted by Gasteiger charge is -2.07. The molecule has 0 unspecified atom stereocenters. The van der Waals surface area contributed by atoms with E-state index in [1.165, 1.54) is 0 Å². The molecule has 0 spiro atoms. The lowest BCUT2D eigenvalue weighted by atomic mass is 10.1. The first-order chi connectivity index (χ1) is 9.65. The maximum absolute atomic E-state index is 11.8. The van der Waals surface area contributed by atoms with E-state index in [4.69, 9.17) is 11.6 Å². The third-order valence-electron chi connectivity index (χ3n) is 2.76. The van der Waals surface area contributed by atoms with Crippen molar-refractivity contribution in [1.29, 1.82) is 0 Å². The van der Waals surface area contributed by atoms with Gasteiger partial charge in [0, 0.05) is 24.8 Å². The van der Waals surface area contributed by atoms with Gasteiger partial charge >= 0.3 is 0 Å². The maximum atomic E-state index is 11.8. The van der Waals surface area contributed by atoms with Crippen molar-refractivity contribution < 1.29 is 4.79 Å². The first-order valence-corrected chi connectivity index (χ1v) is 6.73. The van der Waals surface area contributed by atoms with Gasteiger partial charge < -0.3 is 10.6 Å². The normalized spacial score (nSPS) is 10.1. The molecule has 0 bridgehead atoms. The van der Waals surface area contributed by atoms with E-state index in [1.54, 1.807) is 18.3 Å². The van der Waals surface area contributed by atoms with Crippen molar-refractivity contribution in [3.63, 3.8) is 0 Å². The fourth-order valence-electron chi connectivity index (χ4n) is 1.65. The van der Waals surface area contributed by atoms with Crippen LogP contribution in [0.2, 0.25) is 5.02 Å². The zero-order chi connectivity index (χ0) is 14.4. The van der Waals surface area contributed by atoms with Crippen molar-refractivity contribution in [2.45, 2.75) is 6.92 Å². The fraction of sp³-hybridized carbons (Fsp3) is 0.200. The molecular weight excluding hydrogens is 274 g/mol. The Labute approximate surface area is 123 Å². The van der Waals surface area contributed by atoms with Crippen LogP contribution in [-0.4, -0.2) is 24.0 Å². The molecule has 0 saturated heterocycles. The van der Waals surface area contributed by atoms with Crippen LogP contribution in [0.1, 0.15) is 15.9 Å². The summed E-state index contributed by atoms with van der Waals surface area (Å²) < 4.78 is 0. The van der Waals surface area contributed by atoms with Crippen LogP contribution in [0.3, 0.4) is 0 Å². The molecular formula is C15H16ClN3O. The van der Waals surface area contributed by atoms with Crippen LogP contribution < -0.4 is 10.6 Å². The summed E-state index contributed by atoms with van der Waals surface area (Å²) in [4.78, 5) is 15.9. The Morgan fingerprint density at radius 1 is 1.15 bits per heavy atom. The molecule has 0 atom stereocenters. The van der Waals surface area contributed by atoms with Crippen LogP contribution in [0.5, 0.6) is 0 Å². The van der Waals surface area contributed by atoms with E-state index in [2.05, 4.69) is 15.6 Å². The highest BCUT2D eigenvalue weighted by Gasteiger charge is 2.03. The van der Waals surface area contributed by atoms with Gasteiger partial charge in [-0.25, -0.2) is 4.98 Å². The molecule has 0 aliphatic rings. The predicted octanol–water partition coefficient (Wildman–Crippen LogP) is 2.89. The van der Waals surface area contributed by atoms with Crippen molar-refractivity contribution in [1.82, 2.24) is 10.3 Å². The molecule has 1 aromatic carbocycles. The van der Waals surface area contributed by atoms with E-state index in [-0.39, 0.29) is 5.91 Å². The summed E-state index contributed by atoms with van der Waals surface area (Å²) in [6, 6.07) is 11.0. The molecule has 1 aromatic heterocycles. The highest BCUT2D eigenvalue weighted by molar-refractivity contribution is 6.30. The van der Waals surface area contributed by atoms with E-state index in [0.717, 1.165) is 11.4 Å². The first kappa shape index (κ1) is 14.3. The van der Waals surface area contributed by atoms with Gasteiger partial charge in [0.25, 0.3) is 5.91 Å². The van der Waals surface area contributed by atoms with Crippen molar-refractivity contribution in [3.8, 4) is 0 Å². The Kier molecular flexibility index (Phi) is 4.96. The highest BCUT2D eigenvalue weighted by atomic mass is 35.5. The second-order valence-electron chi connectivity index (χ2n) is 4.41. The van der Waals surface area contributed by atoms with Crippen molar-refractivity contribution in [2.24, 2.45) is 0 Å². The van der Waals surface area contributed by atoms with Gasteiger partial charge in [-0.2, -0.15) is 0 Å². The van der Waals surface area contributed by atoms with E-state index < -0.39 is 0 Å². The number of pyridine rings is 1. The molecule has 104 valence electrons. The minimum absolute atomic E-state index is 0.0733. The van der Waals surface area contributed by atoms with Crippen molar-refractivity contribution in [2.75, 3.05) is 18.4 Å². The van der Waals surface area contributed by atoms with Gasteiger partial charge in [-0.15, -0.1) is 0 Å². The minimum atomic E-state index is -0.0733. The van der Waals surface area contributed by atoms with Crippen LogP contribution in [0.4, 0.5) is 5.82 Å². The Hall–Kier alpha value is -2.07. The summed E-state index contributed by atoms with van der Waals surface area (Å²) in [5.74, 6) is 0.662. The molecule has 2 N–H and O–H groups in total. The molecule has 0 radical (unpaired) electrons. The van der Waals surface area contributed by atoms with E-state index in [9.17, 15) is 4.79 Å². The van der Waals surface area contributed by atoms with Gasteiger partial charge in [0.1, 0.15) is 5.82 Å². The Balaban J connectivity index is 1.74. The average Bonchev–Trinajstić information content (AvgIpc) is 2.46. The fourth-order valence-corrected chi connectivity index (χ4v) is 1.77. The number of benzene rings is 1. The summed E-state index contributed by atoms with van der Waals surface area (Å²) in [5.41, 5.74) is 1.80. The smallest absolute Gasteiger partial charge is 0.251 e. The van der Waals surface area contributed by atoms with Gasteiger partial charge in [-0.3, -0.25) is 4.79 Å². The number of aromatic nitrogens is 1.